The van der Waals surface area contributed by atoms with Crippen LogP contribution in [0.2, 0.25) is 0 Å². The molecular formula is C12H21N3OS. The fourth-order valence-corrected chi connectivity index (χ4v) is 1.95. The highest BCUT2D eigenvalue weighted by atomic mass is 32.2. The van der Waals surface area contributed by atoms with Gasteiger partial charge in [0.15, 0.2) is 5.16 Å². The first-order valence-corrected chi connectivity index (χ1v) is 6.96. The first-order valence-electron chi connectivity index (χ1n) is 5.97. The van der Waals surface area contributed by atoms with E-state index in [4.69, 9.17) is 5.11 Å². The van der Waals surface area contributed by atoms with Gasteiger partial charge in [-0.15, -0.1) is 0 Å². The van der Waals surface area contributed by atoms with Crippen molar-refractivity contribution >= 4 is 11.8 Å². The molecule has 0 amide bonds. The third kappa shape index (κ3) is 6.61. The van der Waals surface area contributed by atoms with Crippen LogP contribution in [0.15, 0.2) is 17.6 Å². The van der Waals surface area contributed by atoms with Crippen LogP contribution in [-0.2, 0) is 6.54 Å². The number of nitrogens with zero attached hydrogens (tertiary/aromatic N) is 2. The number of aliphatic hydroxyl groups excluding tert-OH is 1. The highest BCUT2D eigenvalue weighted by Gasteiger charge is 1.99. The fraction of sp³-hybridized carbons (Fsp3) is 0.667. The number of aliphatic hydroxyl groups is 1. The van der Waals surface area contributed by atoms with Gasteiger partial charge < -0.3 is 10.4 Å². The number of hydrogen-bond donors (Lipinski definition) is 2. The van der Waals surface area contributed by atoms with Crippen LogP contribution in [0, 0.1) is 5.92 Å². The molecule has 4 nitrogen and oxygen atoms in total. The van der Waals surface area contributed by atoms with Gasteiger partial charge >= 0.3 is 0 Å². The Bertz CT molecular complexity index is 303. The van der Waals surface area contributed by atoms with E-state index >= 15 is 0 Å². The lowest BCUT2D eigenvalue weighted by Gasteiger charge is -2.07. The lowest BCUT2D eigenvalue weighted by atomic mass is 10.2. The summed E-state index contributed by atoms with van der Waals surface area (Å²) in [5.74, 6) is 1.52. The third-order valence-electron chi connectivity index (χ3n) is 2.10. The molecule has 0 aliphatic carbocycles. The predicted molar refractivity (Wildman–Crippen MR) is 71.0 cm³/mol. The number of hydrogen-bond acceptors (Lipinski definition) is 5. The van der Waals surface area contributed by atoms with E-state index in [9.17, 15) is 0 Å². The van der Waals surface area contributed by atoms with Crippen LogP contribution in [0.5, 0.6) is 0 Å². The Balaban J connectivity index is 2.29. The van der Waals surface area contributed by atoms with E-state index in [0.29, 0.717) is 5.92 Å². The quantitative estimate of drug-likeness (QED) is 0.420. The Morgan fingerprint density at radius 2 is 2.06 bits per heavy atom. The van der Waals surface area contributed by atoms with E-state index in [1.165, 1.54) is 0 Å². The predicted octanol–water partition coefficient (Wildman–Crippen LogP) is 1.70. The zero-order valence-electron chi connectivity index (χ0n) is 10.5. The van der Waals surface area contributed by atoms with Crippen LogP contribution >= 0.6 is 11.8 Å². The van der Waals surface area contributed by atoms with Gasteiger partial charge in [0.2, 0.25) is 0 Å². The smallest absolute Gasteiger partial charge is 0.187 e. The molecule has 0 atom stereocenters. The highest BCUT2D eigenvalue weighted by Crippen LogP contribution is 2.12. The molecule has 0 unspecified atom stereocenters. The Hall–Kier alpha value is -0.650. The molecule has 0 aliphatic rings. The van der Waals surface area contributed by atoms with Crippen LogP contribution < -0.4 is 5.32 Å². The molecule has 96 valence electrons. The monoisotopic (exact) mass is 255 g/mol. The maximum absolute atomic E-state index is 8.67. The molecule has 0 radical (unpaired) electrons. The van der Waals surface area contributed by atoms with Crippen molar-refractivity contribution in [3.8, 4) is 0 Å². The van der Waals surface area contributed by atoms with Crippen molar-refractivity contribution in [1.29, 1.82) is 0 Å². The first-order chi connectivity index (χ1) is 8.22. The topological polar surface area (TPSA) is 58.0 Å². The molecule has 0 fully saturated rings. The summed E-state index contributed by atoms with van der Waals surface area (Å²) in [5, 5.41) is 12.8. The maximum Gasteiger partial charge on any atom is 0.187 e. The number of nitrogens with one attached hydrogen (secondary N) is 1. The molecule has 0 saturated carbocycles. The minimum atomic E-state index is 0.226. The average Bonchev–Trinajstić information content (AvgIpc) is 2.31. The van der Waals surface area contributed by atoms with Crippen molar-refractivity contribution in [1.82, 2.24) is 15.3 Å². The van der Waals surface area contributed by atoms with Crippen molar-refractivity contribution in [3.63, 3.8) is 0 Å². The van der Waals surface area contributed by atoms with Crippen molar-refractivity contribution in [2.24, 2.45) is 5.92 Å². The Morgan fingerprint density at radius 1 is 1.35 bits per heavy atom. The van der Waals surface area contributed by atoms with E-state index in [0.717, 1.165) is 36.0 Å². The van der Waals surface area contributed by atoms with Gasteiger partial charge in [0, 0.05) is 36.9 Å². The van der Waals surface area contributed by atoms with Crippen molar-refractivity contribution < 1.29 is 5.11 Å². The van der Waals surface area contributed by atoms with E-state index in [2.05, 4.69) is 29.1 Å². The van der Waals surface area contributed by atoms with Gasteiger partial charge in [0.25, 0.3) is 0 Å². The summed E-state index contributed by atoms with van der Waals surface area (Å²) < 4.78 is 0. The van der Waals surface area contributed by atoms with Crippen LogP contribution in [0.4, 0.5) is 0 Å². The van der Waals surface area contributed by atoms with Crippen LogP contribution in [0.25, 0.3) is 0 Å². The Kier molecular flexibility index (Phi) is 7.16. The largest absolute Gasteiger partial charge is 0.396 e. The van der Waals surface area contributed by atoms with Gasteiger partial charge in [-0.05, 0) is 18.9 Å². The molecule has 1 heterocycles. The molecule has 5 heteroatoms. The molecule has 0 spiro atoms. The molecule has 0 saturated heterocycles. The lowest BCUT2D eigenvalue weighted by molar-refractivity contribution is 0.296. The Labute approximate surface area is 107 Å². The minimum absolute atomic E-state index is 0.226. The molecule has 1 rings (SSSR count). The maximum atomic E-state index is 8.67. The summed E-state index contributed by atoms with van der Waals surface area (Å²) in [7, 11) is 0. The van der Waals surface area contributed by atoms with E-state index < -0.39 is 0 Å². The van der Waals surface area contributed by atoms with Gasteiger partial charge in [-0.2, -0.15) is 0 Å². The second-order valence-electron chi connectivity index (χ2n) is 4.32. The van der Waals surface area contributed by atoms with E-state index in [1.54, 1.807) is 11.8 Å². The summed E-state index contributed by atoms with van der Waals surface area (Å²) in [6, 6.07) is 0. The summed E-state index contributed by atoms with van der Waals surface area (Å²) in [4.78, 5) is 8.56. The van der Waals surface area contributed by atoms with Gasteiger partial charge in [0.1, 0.15) is 0 Å². The third-order valence-corrected chi connectivity index (χ3v) is 3.06. The van der Waals surface area contributed by atoms with Crippen molar-refractivity contribution in [2.45, 2.75) is 32.0 Å². The van der Waals surface area contributed by atoms with Gasteiger partial charge in [-0.1, -0.05) is 25.6 Å². The van der Waals surface area contributed by atoms with E-state index in [-0.39, 0.29) is 6.61 Å². The number of rotatable bonds is 8. The Morgan fingerprint density at radius 3 is 2.65 bits per heavy atom. The number of aromatic nitrogens is 2. The van der Waals surface area contributed by atoms with E-state index in [1.807, 2.05) is 12.4 Å². The summed E-state index contributed by atoms with van der Waals surface area (Å²) >= 11 is 1.58. The minimum Gasteiger partial charge on any atom is -0.396 e. The summed E-state index contributed by atoms with van der Waals surface area (Å²) in [6.07, 6.45) is 4.51. The zero-order valence-corrected chi connectivity index (χ0v) is 11.3. The van der Waals surface area contributed by atoms with Crippen molar-refractivity contribution in [3.05, 3.63) is 18.0 Å². The van der Waals surface area contributed by atoms with Gasteiger partial charge in [0.05, 0.1) is 0 Å². The highest BCUT2D eigenvalue weighted by molar-refractivity contribution is 7.99. The van der Waals surface area contributed by atoms with Crippen LogP contribution in [0.3, 0.4) is 0 Å². The second kappa shape index (κ2) is 8.44. The summed E-state index contributed by atoms with van der Waals surface area (Å²) in [6.45, 7) is 6.42. The lowest BCUT2D eigenvalue weighted by Crippen LogP contribution is -2.19. The van der Waals surface area contributed by atoms with Gasteiger partial charge in [-0.3, -0.25) is 0 Å². The number of thioether (sulfide) groups is 1. The van der Waals surface area contributed by atoms with Crippen molar-refractivity contribution in [2.75, 3.05) is 18.9 Å². The molecule has 1 aromatic heterocycles. The molecule has 1 aromatic rings. The van der Waals surface area contributed by atoms with Crippen LogP contribution in [-0.4, -0.2) is 34.0 Å². The molecule has 17 heavy (non-hydrogen) atoms. The SMILES string of the molecule is CC(C)CNCc1cnc(SCCCO)nc1. The molecule has 0 bridgehead atoms. The molecule has 0 aromatic carbocycles. The fourth-order valence-electron chi connectivity index (χ4n) is 1.24. The average molecular weight is 255 g/mol. The first kappa shape index (κ1) is 14.4. The summed E-state index contributed by atoms with van der Waals surface area (Å²) in [5.41, 5.74) is 1.11. The van der Waals surface area contributed by atoms with Crippen LogP contribution in [0.1, 0.15) is 25.8 Å². The van der Waals surface area contributed by atoms with Gasteiger partial charge in [-0.25, -0.2) is 9.97 Å². The normalized spacial score (nSPS) is 11.1. The molecule has 0 aliphatic heterocycles. The standard InChI is InChI=1S/C12H21N3OS/c1-10(2)6-13-7-11-8-14-12(15-9-11)17-5-3-4-16/h8-10,13,16H,3-7H2,1-2H3. The molecular weight excluding hydrogens is 234 g/mol. The zero-order chi connectivity index (χ0) is 12.5. The second-order valence-corrected chi connectivity index (χ2v) is 5.39. The molecule has 2 N–H and O–H groups in total.